The maximum Gasteiger partial charge on any atom is 0.416 e. The molecule has 0 spiro atoms. The molecule has 0 saturated carbocycles. The van der Waals surface area contributed by atoms with E-state index < -0.39 is 17.6 Å². The molecule has 6 nitrogen and oxygen atoms in total. The lowest BCUT2D eigenvalue weighted by molar-refractivity contribution is -0.137. The van der Waals surface area contributed by atoms with Crippen LogP contribution in [0.5, 0.6) is 0 Å². The Morgan fingerprint density at radius 3 is 2.48 bits per heavy atom. The van der Waals surface area contributed by atoms with E-state index in [2.05, 4.69) is 20.6 Å². The van der Waals surface area contributed by atoms with E-state index in [4.69, 9.17) is 4.74 Å². The van der Waals surface area contributed by atoms with Crippen molar-refractivity contribution in [3.8, 4) is 0 Å². The summed E-state index contributed by atoms with van der Waals surface area (Å²) in [4.78, 5) is 20.2. The smallest absolute Gasteiger partial charge is 0.383 e. The molecule has 0 atom stereocenters. The number of carbonyl (C=O) groups excluding carboxylic acids is 1. The fourth-order valence-corrected chi connectivity index (χ4v) is 2.00. The average Bonchev–Trinajstić information content (AvgIpc) is 2.54. The molecule has 0 unspecified atom stereocenters. The van der Waals surface area contributed by atoms with Crippen LogP contribution in [0.2, 0.25) is 0 Å². The molecule has 0 aliphatic carbocycles. The molecule has 0 radical (unpaired) electrons. The third kappa shape index (κ3) is 5.42. The Balaban J connectivity index is 2.13. The fourth-order valence-electron chi connectivity index (χ4n) is 2.00. The van der Waals surface area contributed by atoms with Crippen molar-refractivity contribution in [3.63, 3.8) is 0 Å². The molecule has 9 heteroatoms. The number of alkyl halides is 3. The van der Waals surface area contributed by atoms with Crippen molar-refractivity contribution in [3.05, 3.63) is 47.4 Å². The van der Waals surface area contributed by atoms with Crippen LogP contribution >= 0.6 is 0 Å². The van der Waals surface area contributed by atoms with Gasteiger partial charge in [0, 0.05) is 25.4 Å². The van der Waals surface area contributed by atoms with Crippen molar-refractivity contribution in [2.75, 3.05) is 25.6 Å². The largest absolute Gasteiger partial charge is 0.416 e. The molecule has 2 N–H and O–H groups in total. The van der Waals surface area contributed by atoms with Gasteiger partial charge in [-0.1, -0.05) is 0 Å². The molecule has 2 aromatic rings. The molecule has 1 aromatic heterocycles. The Morgan fingerprint density at radius 1 is 1.20 bits per heavy atom. The maximum absolute atomic E-state index is 12.6. The first-order valence-electron chi connectivity index (χ1n) is 7.36. The Morgan fingerprint density at radius 2 is 1.88 bits per heavy atom. The van der Waals surface area contributed by atoms with Crippen LogP contribution in [0, 0.1) is 6.92 Å². The zero-order valence-corrected chi connectivity index (χ0v) is 13.6. The third-order valence-corrected chi connectivity index (χ3v) is 3.15. The fraction of sp³-hybridized carbons (Fsp3) is 0.312. The summed E-state index contributed by atoms with van der Waals surface area (Å²) in [5, 5.41) is 5.50. The van der Waals surface area contributed by atoms with E-state index in [1.165, 1.54) is 25.3 Å². The predicted molar refractivity (Wildman–Crippen MR) is 85.7 cm³/mol. The third-order valence-electron chi connectivity index (χ3n) is 3.15. The second-order valence-electron chi connectivity index (χ2n) is 5.13. The summed E-state index contributed by atoms with van der Waals surface area (Å²) in [6.45, 7) is 2.32. The highest BCUT2D eigenvalue weighted by molar-refractivity contribution is 5.93. The monoisotopic (exact) mass is 354 g/mol. The number of aryl methyl sites for hydroxylation is 1. The van der Waals surface area contributed by atoms with Gasteiger partial charge in [0.05, 0.1) is 12.2 Å². The minimum absolute atomic E-state index is 0.151. The molecular weight excluding hydrogens is 337 g/mol. The topological polar surface area (TPSA) is 76.1 Å². The highest BCUT2D eigenvalue weighted by Gasteiger charge is 2.29. The molecule has 1 heterocycles. The summed E-state index contributed by atoms with van der Waals surface area (Å²) in [5.74, 6) is 0.274. The number of ether oxygens (including phenoxy) is 1. The lowest BCUT2D eigenvalue weighted by Gasteiger charge is -2.10. The number of aromatic nitrogens is 2. The van der Waals surface area contributed by atoms with Crippen LogP contribution in [-0.2, 0) is 10.9 Å². The van der Waals surface area contributed by atoms with Crippen LogP contribution in [0.25, 0.3) is 0 Å². The van der Waals surface area contributed by atoms with Crippen molar-refractivity contribution in [2.45, 2.75) is 13.1 Å². The van der Waals surface area contributed by atoms with Crippen LogP contribution in [0.4, 0.5) is 24.7 Å². The molecule has 0 bridgehead atoms. The van der Waals surface area contributed by atoms with Gasteiger partial charge in [-0.3, -0.25) is 4.79 Å². The second kappa shape index (κ2) is 7.93. The molecule has 0 aliphatic heterocycles. The van der Waals surface area contributed by atoms with E-state index in [1.54, 1.807) is 6.92 Å². The van der Waals surface area contributed by atoms with Gasteiger partial charge in [-0.05, 0) is 31.2 Å². The number of benzene rings is 1. The van der Waals surface area contributed by atoms with E-state index in [-0.39, 0.29) is 5.69 Å². The summed E-state index contributed by atoms with van der Waals surface area (Å²) < 4.78 is 42.6. The second-order valence-corrected chi connectivity index (χ2v) is 5.13. The van der Waals surface area contributed by atoms with Crippen molar-refractivity contribution in [2.24, 2.45) is 0 Å². The molecule has 2 rings (SSSR count). The highest BCUT2D eigenvalue weighted by Crippen LogP contribution is 2.30. The predicted octanol–water partition coefficient (Wildman–Crippen LogP) is 2.92. The normalized spacial score (nSPS) is 11.2. The number of hydrogen-bond donors (Lipinski definition) is 2. The van der Waals surface area contributed by atoms with Gasteiger partial charge in [0.15, 0.2) is 0 Å². The molecule has 1 aromatic carbocycles. The number of amides is 1. The van der Waals surface area contributed by atoms with E-state index >= 15 is 0 Å². The Bertz CT molecular complexity index is 733. The van der Waals surface area contributed by atoms with Crippen molar-refractivity contribution >= 4 is 17.4 Å². The number of methoxy groups -OCH3 is 1. The SMILES string of the molecule is COCCNC(=O)c1cc(Nc2ccc(C(F)(F)F)cc2)nc(C)n1. The highest BCUT2D eigenvalue weighted by atomic mass is 19.4. The molecule has 1 amide bonds. The van der Waals surface area contributed by atoms with E-state index in [0.717, 1.165) is 12.1 Å². The minimum Gasteiger partial charge on any atom is -0.383 e. The zero-order chi connectivity index (χ0) is 18.4. The van der Waals surface area contributed by atoms with Gasteiger partial charge < -0.3 is 15.4 Å². The van der Waals surface area contributed by atoms with E-state index in [9.17, 15) is 18.0 Å². The standard InChI is InChI=1S/C16H17F3N4O2/c1-10-21-13(15(24)20-7-8-25-2)9-14(22-10)23-12-5-3-11(4-6-12)16(17,18)19/h3-6,9H,7-8H2,1-2H3,(H,20,24)(H,21,22,23). The van der Waals surface area contributed by atoms with E-state index in [1.807, 2.05) is 0 Å². The Hall–Kier alpha value is -2.68. The maximum atomic E-state index is 12.6. The molecule has 0 fully saturated rings. The summed E-state index contributed by atoms with van der Waals surface area (Å²) in [6.07, 6.45) is -4.39. The number of rotatable bonds is 6. The summed E-state index contributed by atoms with van der Waals surface area (Å²) in [7, 11) is 1.52. The molecule has 0 aliphatic rings. The molecular formula is C16H17F3N4O2. The summed E-state index contributed by atoms with van der Waals surface area (Å²) >= 11 is 0. The van der Waals surface area contributed by atoms with Gasteiger partial charge in [0.2, 0.25) is 0 Å². The van der Waals surface area contributed by atoms with Crippen LogP contribution in [-0.4, -0.2) is 36.1 Å². The first-order chi connectivity index (χ1) is 11.8. The number of anilines is 2. The Kier molecular flexibility index (Phi) is 5.92. The van der Waals surface area contributed by atoms with Crippen molar-refractivity contribution in [1.82, 2.24) is 15.3 Å². The minimum atomic E-state index is -4.39. The van der Waals surface area contributed by atoms with Crippen LogP contribution in [0.3, 0.4) is 0 Å². The quantitative estimate of drug-likeness (QED) is 0.780. The number of nitrogens with one attached hydrogen (secondary N) is 2. The van der Waals surface area contributed by atoms with Gasteiger partial charge in [-0.2, -0.15) is 13.2 Å². The van der Waals surface area contributed by atoms with Gasteiger partial charge in [-0.25, -0.2) is 9.97 Å². The van der Waals surface area contributed by atoms with Crippen LogP contribution < -0.4 is 10.6 Å². The van der Waals surface area contributed by atoms with Crippen molar-refractivity contribution < 1.29 is 22.7 Å². The van der Waals surface area contributed by atoms with Gasteiger partial charge >= 0.3 is 6.18 Å². The number of carbonyl (C=O) groups is 1. The molecule has 25 heavy (non-hydrogen) atoms. The summed E-state index contributed by atoms with van der Waals surface area (Å²) in [5.41, 5.74) is -0.176. The number of halogens is 3. The van der Waals surface area contributed by atoms with Gasteiger partial charge in [0.25, 0.3) is 5.91 Å². The lowest BCUT2D eigenvalue weighted by Crippen LogP contribution is -2.28. The number of nitrogens with zero attached hydrogens (tertiary/aromatic N) is 2. The zero-order valence-electron chi connectivity index (χ0n) is 13.6. The van der Waals surface area contributed by atoms with Gasteiger partial charge in [-0.15, -0.1) is 0 Å². The summed E-state index contributed by atoms with van der Waals surface area (Å²) in [6, 6.07) is 5.94. The first kappa shape index (κ1) is 18.7. The van der Waals surface area contributed by atoms with Crippen molar-refractivity contribution in [1.29, 1.82) is 0 Å². The molecule has 134 valence electrons. The number of hydrogen-bond acceptors (Lipinski definition) is 5. The van der Waals surface area contributed by atoms with E-state index in [0.29, 0.717) is 30.5 Å². The Labute approximate surface area is 142 Å². The van der Waals surface area contributed by atoms with Crippen LogP contribution in [0.15, 0.2) is 30.3 Å². The van der Waals surface area contributed by atoms with Crippen LogP contribution in [0.1, 0.15) is 21.9 Å². The first-order valence-corrected chi connectivity index (χ1v) is 7.36. The average molecular weight is 354 g/mol. The molecule has 0 saturated heterocycles. The lowest BCUT2D eigenvalue weighted by atomic mass is 10.2. The van der Waals surface area contributed by atoms with Gasteiger partial charge in [0.1, 0.15) is 17.3 Å².